The fraction of sp³-hybridized carbons (Fsp3) is 0.444. The normalized spacial score (nSPS) is 17.8. The molecule has 1 aliphatic rings. The number of rotatable bonds is 5. The molecule has 0 bridgehead atoms. The zero-order valence-corrected chi connectivity index (χ0v) is 15.6. The van der Waals surface area contributed by atoms with Crippen LogP contribution >= 0.6 is 24.0 Å². The predicted molar refractivity (Wildman–Crippen MR) is 100 cm³/mol. The fourth-order valence-electron chi connectivity index (χ4n) is 3.20. The summed E-state index contributed by atoms with van der Waals surface area (Å²) in [5.74, 6) is -0.373. The molecule has 1 fully saturated rings. The van der Waals surface area contributed by atoms with Gasteiger partial charge in [-0.25, -0.2) is 14.4 Å². The fourth-order valence-corrected chi connectivity index (χ4v) is 3.40. The van der Waals surface area contributed by atoms with Gasteiger partial charge in [0.15, 0.2) is 0 Å². The summed E-state index contributed by atoms with van der Waals surface area (Å²) in [5, 5.41) is 3.63. The Bertz CT molecular complexity index is 649. The van der Waals surface area contributed by atoms with Crippen molar-refractivity contribution in [1.29, 1.82) is 0 Å². The first-order chi connectivity index (χ1) is 11.7. The molecule has 0 radical (unpaired) electrons. The van der Waals surface area contributed by atoms with Gasteiger partial charge in [0.2, 0.25) is 0 Å². The summed E-state index contributed by atoms with van der Waals surface area (Å²) in [6, 6.07) is 5.45. The summed E-state index contributed by atoms with van der Waals surface area (Å²) in [7, 11) is 0. The Morgan fingerprint density at radius 2 is 1.88 bits per heavy atom. The average Bonchev–Trinajstić information content (AvgIpc) is 2.88. The Labute approximate surface area is 159 Å². The van der Waals surface area contributed by atoms with E-state index in [1.807, 2.05) is 18.5 Å². The van der Waals surface area contributed by atoms with Crippen molar-refractivity contribution in [2.75, 3.05) is 13.1 Å². The zero-order chi connectivity index (χ0) is 16.8. The van der Waals surface area contributed by atoms with Crippen molar-refractivity contribution in [3.05, 3.63) is 58.9 Å². The summed E-state index contributed by atoms with van der Waals surface area (Å²) >= 11 is 5.95. The quantitative estimate of drug-likeness (QED) is 0.849. The largest absolute Gasteiger partial charge is 0.317 e. The second kappa shape index (κ2) is 10.0. The minimum atomic E-state index is -0.373. The molecule has 0 aliphatic carbocycles. The van der Waals surface area contributed by atoms with Crippen molar-refractivity contribution in [2.24, 2.45) is 0 Å². The van der Waals surface area contributed by atoms with Gasteiger partial charge < -0.3 is 5.32 Å². The standard InChI is InChI=1S/C18H22ClFN4.ClH/c19-17-8-14(3-4-18(17)20)11-24(12-15-9-22-13-23-10-15)16-2-1-6-21-7-5-16;/h3-4,8-10,13,16,21H,1-2,5-7,11-12H2;1H. The van der Waals surface area contributed by atoms with Crippen LogP contribution in [0, 0.1) is 5.82 Å². The van der Waals surface area contributed by atoms with Gasteiger partial charge in [0, 0.05) is 37.1 Å². The molecule has 4 nitrogen and oxygen atoms in total. The van der Waals surface area contributed by atoms with Gasteiger partial charge in [-0.15, -0.1) is 12.4 Å². The molecule has 1 aliphatic heterocycles. The van der Waals surface area contributed by atoms with Crippen molar-refractivity contribution in [1.82, 2.24) is 20.2 Å². The maximum atomic E-state index is 13.4. The lowest BCUT2D eigenvalue weighted by atomic mass is 10.1. The SMILES string of the molecule is Cl.Fc1ccc(CN(Cc2cncnc2)C2CCCNCC2)cc1Cl. The minimum absolute atomic E-state index is 0. The number of nitrogens with one attached hydrogen (secondary N) is 1. The highest BCUT2D eigenvalue weighted by Crippen LogP contribution is 2.22. The van der Waals surface area contributed by atoms with Crippen LogP contribution in [0.3, 0.4) is 0 Å². The molecule has 1 atom stereocenters. The van der Waals surface area contributed by atoms with E-state index >= 15 is 0 Å². The third-order valence-corrected chi connectivity index (χ3v) is 4.72. The van der Waals surface area contributed by atoms with Crippen LogP contribution < -0.4 is 5.32 Å². The molecule has 2 aromatic rings. The Hall–Kier alpha value is -1.27. The predicted octanol–water partition coefficient (Wildman–Crippen LogP) is 3.84. The molecule has 1 aromatic carbocycles. The van der Waals surface area contributed by atoms with Crippen LogP contribution in [0.4, 0.5) is 4.39 Å². The summed E-state index contributed by atoms with van der Waals surface area (Å²) in [6.45, 7) is 3.61. The molecular formula is C18H23Cl2FN4. The van der Waals surface area contributed by atoms with E-state index in [4.69, 9.17) is 11.6 Å². The summed E-state index contributed by atoms with van der Waals surface area (Å²) < 4.78 is 13.4. The number of hydrogen-bond acceptors (Lipinski definition) is 4. The molecule has 7 heteroatoms. The Kier molecular flexibility index (Phi) is 8.03. The highest BCUT2D eigenvalue weighted by molar-refractivity contribution is 6.30. The first-order valence-corrected chi connectivity index (χ1v) is 8.73. The van der Waals surface area contributed by atoms with Gasteiger partial charge in [-0.05, 0) is 50.0 Å². The second-order valence-corrected chi connectivity index (χ2v) is 6.64. The van der Waals surface area contributed by atoms with Gasteiger partial charge in [-0.3, -0.25) is 4.90 Å². The van der Waals surface area contributed by atoms with Gasteiger partial charge in [0.25, 0.3) is 0 Å². The van der Waals surface area contributed by atoms with E-state index in [0.29, 0.717) is 6.04 Å². The van der Waals surface area contributed by atoms with E-state index in [1.165, 1.54) is 6.07 Å². The Morgan fingerprint density at radius 1 is 1.12 bits per heavy atom. The molecule has 136 valence electrons. The van der Waals surface area contributed by atoms with Crippen LogP contribution in [0.15, 0.2) is 36.9 Å². The van der Waals surface area contributed by atoms with Crippen LogP contribution in [-0.4, -0.2) is 34.0 Å². The van der Waals surface area contributed by atoms with E-state index in [1.54, 1.807) is 12.4 Å². The van der Waals surface area contributed by atoms with Gasteiger partial charge in [-0.1, -0.05) is 17.7 Å². The smallest absolute Gasteiger partial charge is 0.141 e. The topological polar surface area (TPSA) is 41.1 Å². The number of halogens is 3. The summed E-state index contributed by atoms with van der Waals surface area (Å²) in [5.41, 5.74) is 2.11. The van der Waals surface area contributed by atoms with Gasteiger partial charge >= 0.3 is 0 Å². The monoisotopic (exact) mass is 384 g/mol. The second-order valence-electron chi connectivity index (χ2n) is 6.23. The molecule has 3 rings (SSSR count). The molecule has 1 unspecified atom stereocenters. The van der Waals surface area contributed by atoms with Crippen molar-refractivity contribution >= 4 is 24.0 Å². The van der Waals surface area contributed by atoms with E-state index in [0.717, 1.165) is 56.6 Å². The van der Waals surface area contributed by atoms with Gasteiger partial charge in [-0.2, -0.15) is 0 Å². The molecule has 25 heavy (non-hydrogen) atoms. The highest BCUT2D eigenvalue weighted by Gasteiger charge is 2.21. The van der Waals surface area contributed by atoms with Gasteiger partial charge in [0.05, 0.1) is 5.02 Å². The highest BCUT2D eigenvalue weighted by atomic mass is 35.5. The third-order valence-electron chi connectivity index (χ3n) is 4.43. The van der Waals surface area contributed by atoms with Crippen LogP contribution in [0.1, 0.15) is 30.4 Å². The molecule has 0 spiro atoms. The minimum Gasteiger partial charge on any atom is -0.317 e. The lowest BCUT2D eigenvalue weighted by Gasteiger charge is -2.31. The Balaban J connectivity index is 0.00000225. The number of aromatic nitrogens is 2. The summed E-state index contributed by atoms with van der Waals surface area (Å²) in [4.78, 5) is 10.7. The van der Waals surface area contributed by atoms with E-state index in [2.05, 4.69) is 20.2 Å². The lowest BCUT2D eigenvalue weighted by molar-refractivity contribution is 0.164. The molecule has 1 aromatic heterocycles. The average molecular weight is 385 g/mol. The van der Waals surface area contributed by atoms with E-state index < -0.39 is 0 Å². The summed E-state index contributed by atoms with van der Waals surface area (Å²) in [6.07, 6.45) is 8.66. The van der Waals surface area contributed by atoms with Crippen molar-refractivity contribution in [3.8, 4) is 0 Å². The third kappa shape index (κ3) is 5.89. The van der Waals surface area contributed by atoms with Gasteiger partial charge in [0.1, 0.15) is 12.1 Å². The maximum Gasteiger partial charge on any atom is 0.141 e. The number of nitrogens with zero attached hydrogens (tertiary/aromatic N) is 3. The van der Waals surface area contributed by atoms with Crippen LogP contribution in [-0.2, 0) is 13.1 Å². The molecule has 0 saturated carbocycles. The maximum absolute atomic E-state index is 13.4. The number of benzene rings is 1. The molecule has 2 heterocycles. The molecule has 1 N–H and O–H groups in total. The van der Waals surface area contributed by atoms with Crippen LogP contribution in [0.25, 0.3) is 0 Å². The molecule has 0 amide bonds. The van der Waals surface area contributed by atoms with E-state index in [-0.39, 0.29) is 23.2 Å². The van der Waals surface area contributed by atoms with Crippen molar-refractivity contribution < 1.29 is 4.39 Å². The lowest BCUT2D eigenvalue weighted by Crippen LogP contribution is -2.35. The number of hydrogen-bond donors (Lipinski definition) is 1. The first-order valence-electron chi connectivity index (χ1n) is 8.35. The molecule has 1 saturated heterocycles. The van der Waals surface area contributed by atoms with Crippen molar-refractivity contribution in [3.63, 3.8) is 0 Å². The van der Waals surface area contributed by atoms with Crippen LogP contribution in [0.5, 0.6) is 0 Å². The van der Waals surface area contributed by atoms with E-state index in [9.17, 15) is 4.39 Å². The zero-order valence-electron chi connectivity index (χ0n) is 14.0. The first kappa shape index (κ1) is 20.0. The van der Waals surface area contributed by atoms with Crippen LogP contribution in [0.2, 0.25) is 5.02 Å². The Morgan fingerprint density at radius 3 is 2.64 bits per heavy atom. The molecular weight excluding hydrogens is 362 g/mol. The van der Waals surface area contributed by atoms with Crippen molar-refractivity contribution in [2.45, 2.75) is 38.4 Å².